The molecule has 2 aromatic rings. The number of nitrogens with zero attached hydrogens (tertiary/aromatic N) is 1. The first kappa shape index (κ1) is 8.05. The highest BCUT2D eigenvalue weighted by molar-refractivity contribution is 5.93. The first-order valence-corrected chi connectivity index (χ1v) is 4.31. The number of benzene rings is 1. The normalized spacial score (nSPS) is 10.6. The lowest BCUT2D eigenvalue weighted by Gasteiger charge is -2.05. The van der Waals surface area contributed by atoms with Crippen molar-refractivity contribution in [2.45, 2.75) is 13.8 Å². The van der Waals surface area contributed by atoms with E-state index in [1.54, 1.807) is 0 Å². The number of nitrogens with two attached hydrogens (primary N) is 1. The number of hydrogen-bond donors (Lipinski definition) is 1. The van der Waals surface area contributed by atoms with Gasteiger partial charge in [0.25, 0.3) is 0 Å². The van der Waals surface area contributed by atoms with Crippen molar-refractivity contribution in [3.63, 3.8) is 0 Å². The van der Waals surface area contributed by atoms with E-state index in [1.165, 1.54) is 10.9 Å². The summed E-state index contributed by atoms with van der Waals surface area (Å²) in [4.78, 5) is 4.22. The number of anilines is 1. The van der Waals surface area contributed by atoms with Crippen LogP contribution in [-0.4, -0.2) is 4.98 Å². The van der Waals surface area contributed by atoms with Crippen LogP contribution in [0.1, 0.15) is 11.3 Å². The number of aryl methyl sites for hydroxylation is 2. The summed E-state index contributed by atoms with van der Waals surface area (Å²) in [6, 6.07) is 8.16. The molecule has 2 heteroatoms. The summed E-state index contributed by atoms with van der Waals surface area (Å²) < 4.78 is 0. The van der Waals surface area contributed by atoms with Gasteiger partial charge in [-0.1, -0.05) is 18.2 Å². The maximum atomic E-state index is 5.81. The topological polar surface area (TPSA) is 38.9 Å². The number of rotatable bonds is 0. The van der Waals surface area contributed by atoms with E-state index in [4.69, 9.17) is 5.73 Å². The van der Waals surface area contributed by atoms with Crippen LogP contribution in [0.2, 0.25) is 0 Å². The van der Waals surface area contributed by atoms with Crippen molar-refractivity contribution < 1.29 is 0 Å². The molecule has 0 saturated carbocycles. The minimum atomic E-state index is 0.624. The molecule has 0 fully saturated rings. The Morgan fingerprint density at radius 2 is 1.92 bits per heavy atom. The fourth-order valence-corrected chi connectivity index (χ4v) is 1.59. The van der Waals surface area contributed by atoms with Gasteiger partial charge in [-0.05, 0) is 30.9 Å². The molecule has 0 atom stereocenters. The van der Waals surface area contributed by atoms with Gasteiger partial charge in [-0.15, -0.1) is 0 Å². The molecule has 2 rings (SSSR count). The SMILES string of the molecule is Cc1cc2c(C)cccc2c(N)n1. The summed E-state index contributed by atoms with van der Waals surface area (Å²) in [6.07, 6.45) is 0. The molecule has 1 aromatic carbocycles. The van der Waals surface area contributed by atoms with Gasteiger partial charge in [0.1, 0.15) is 5.82 Å². The van der Waals surface area contributed by atoms with Crippen LogP contribution in [0.25, 0.3) is 10.8 Å². The van der Waals surface area contributed by atoms with Crippen LogP contribution >= 0.6 is 0 Å². The summed E-state index contributed by atoms with van der Waals surface area (Å²) in [5, 5.41) is 2.25. The van der Waals surface area contributed by atoms with Crippen molar-refractivity contribution in [3.05, 3.63) is 35.5 Å². The molecular weight excluding hydrogens is 160 g/mol. The Hall–Kier alpha value is -1.57. The second kappa shape index (κ2) is 2.73. The zero-order chi connectivity index (χ0) is 9.42. The first-order chi connectivity index (χ1) is 6.18. The molecular formula is C11H12N2. The zero-order valence-corrected chi connectivity index (χ0v) is 7.83. The predicted octanol–water partition coefficient (Wildman–Crippen LogP) is 2.43. The van der Waals surface area contributed by atoms with Crippen molar-refractivity contribution in [3.8, 4) is 0 Å². The van der Waals surface area contributed by atoms with Crippen LogP contribution in [0.4, 0.5) is 5.82 Å². The summed E-state index contributed by atoms with van der Waals surface area (Å²) >= 11 is 0. The van der Waals surface area contributed by atoms with Crippen LogP contribution < -0.4 is 5.73 Å². The van der Waals surface area contributed by atoms with Crippen molar-refractivity contribution in [2.75, 3.05) is 5.73 Å². The average molecular weight is 172 g/mol. The lowest BCUT2D eigenvalue weighted by atomic mass is 10.1. The van der Waals surface area contributed by atoms with Crippen molar-refractivity contribution in [2.24, 2.45) is 0 Å². The fraction of sp³-hybridized carbons (Fsp3) is 0.182. The van der Waals surface area contributed by atoms with Gasteiger partial charge in [0.2, 0.25) is 0 Å². The molecule has 0 aliphatic carbocycles. The van der Waals surface area contributed by atoms with E-state index >= 15 is 0 Å². The molecule has 1 aromatic heterocycles. The highest BCUT2D eigenvalue weighted by Gasteiger charge is 2.01. The van der Waals surface area contributed by atoms with Gasteiger partial charge >= 0.3 is 0 Å². The third kappa shape index (κ3) is 1.24. The Kier molecular flexibility index (Phi) is 1.69. The highest BCUT2D eigenvalue weighted by atomic mass is 14.8. The standard InChI is InChI=1S/C11H12N2/c1-7-4-3-5-9-10(7)6-8(2)13-11(9)12/h3-6H,1-2H3,(H2,12,13). The van der Waals surface area contributed by atoms with E-state index in [0.29, 0.717) is 5.82 Å². The van der Waals surface area contributed by atoms with E-state index in [0.717, 1.165) is 11.1 Å². The minimum absolute atomic E-state index is 0.624. The van der Waals surface area contributed by atoms with Crippen LogP contribution in [-0.2, 0) is 0 Å². The molecule has 1 heterocycles. The van der Waals surface area contributed by atoms with Gasteiger partial charge in [0.15, 0.2) is 0 Å². The van der Waals surface area contributed by atoms with Gasteiger partial charge in [-0.25, -0.2) is 4.98 Å². The van der Waals surface area contributed by atoms with Crippen LogP contribution in [0.15, 0.2) is 24.3 Å². The molecule has 2 nitrogen and oxygen atoms in total. The van der Waals surface area contributed by atoms with Crippen molar-refractivity contribution in [1.29, 1.82) is 0 Å². The molecule has 66 valence electrons. The third-order valence-electron chi connectivity index (χ3n) is 2.25. The van der Waals surface area contributed by atoms with Gasteiger partial charge in [0, 0.05) is 11.1 Å². The van der Waals surface area contributed by atoms with Gasteiger partial charge in [-0.2, -0.15) is 0 Å². The van der Waals surface area contributed by atoms with Gasteiger partial charge in [-0.3, -0.25) is 0 Å². The predicted molar refractivity (Wildman–Crippen MR) is 55.6 cm³/mol. The molecule has 0 unspecified atom stereocenters. The summed E-state index contributed by atoms with van der Waals surface area (Å²) in [7, 11) is 0. The van der Waals surface area contributed by atoms with E-state index in [2.05, 4.69) is 24.0 Å². The van der Waals surface area contributed by atoms with Crippen molar-refractivity contribution >= 4 is 16.6 Å². The minimum Gasteiger partial charge on any atom is -0.383 e. The lowest BCUT2D eigenvalue weighted by molar-refractivity contribution is 1.23. The van der Waals surface area contributed by atoms with E-state index in [9.17, 15) is 0 Å². The second-order valence-electron chi connectivity index (χ2n) is 3.32. The second-order valence-corrected chi connectivity index (χ2v) is 3.32. The molecule has 0 spiro atoms. The average Bonchev–Trinajstić information content (AvgIpc) is 2.07. The maximum Gasteiger partial charge on any atom is 0.131 e. The first-order valence-electron chi connectivity index (χ1n) is 4.31. The Balaban J connectivity index is 2.94. The Morgan fingerprint density at radius 3 is 2.69 bits per heavy atom. The summed E-state index contributed by atoms with van der Waals surface area (Å²) in [5.74, 6) is 0.624. The number of fused-ring (bicyclic) bond motifs is 1. The number of nitrogen functional groups attached to an aromatic ring is 1. The largest absolute Gasteiger partial charge is 0.383 e. The smallest absolute Gasteiger partial charge is 0.131 e. The van der Waals surface area contributed by atoms with E-state index < -0.39 is 0 Å². The summed E-state index contributed by atoms with van der Waals surface area (Å²) in [6.45, 7) is 4.05. The van der Waals surface area contributed by atoms with Crippen molar-refractivity contribution in [1.82, 2.24) is 4.98 Å². The van der Waals surface area contributed by atoms with E-state index in [1.807, 2.05) is 19.1 Å². The van der Waals surface area contributed by atoms with Crippen LogP contribution in [0, 0.1) is 13.8 Å². The Bertz CT molecular complexity index is 461. The Labute approximate surface area is 77.4 Å². The quantitative estimate of drug-likeness (QED) is 0.662. The lowest BCUT2D eigenvalue weighted by Crippen LogP contribution is -1.94. The third-order valence-corrected chi connectivity index (χ3v) is 2.25. The Morgan fingerprint density at radius 1 is 1.15 bits per heavy atom. The van der Waals surface area contributed by atoms with Crippen LogP contribution in [0.5, 0.6) is 0 Å². The fourth-order valence-electron chi connectivity index (χ4n) is 1.59. The number of hydrogen-bond acceptors (Lipinski definition) is 2. The maximum absolute atomic E-state index is 5.81. The molecule has 2 N–H and O–H groups in total. The van der Waals surface area contributed by atoms with E-state index in [-0.39, 0.29) is 0 Å². The molecule has 0 aliphatic heterocycles. The molecule has 0 aliphatic rings. The molecule has 0 saturated heterocycles. The molecule has 0 bridgehead atoms. The zero-order valence-electron chi connectivity index (χ0n) is 7.83. The van der Waals surface area contributed by atoms with Crippen LogP contribution in [0.3, 0.4) is 0 Å². The van der Waals surface area contributed by atoms with Gasteiger partial charge < -0.3 is 5.73 Å². The number of aromatic nitrogens is 1. The molecule has 13 heavy (non-hydrogen) atoms. The van der Waals surface area contributed by atoms with Gasteiger partial charge in [0.05, 0.1) is 0 Å². The summed E-state index contributed by atoms with van der Waals surface area (Å²) in [5.41, 5.74) is 8.03. The molecule has 0 amide bonds. The monoisotopic (exact) mass is 172 g/mol. The highest BCUT2D eigenvalue weighted by Crippen LogP contribution is 2.22. The molecule has 0 radical (unpaired) electrons. The number of pyridine rings is 1.